The quantitative estimate of drug-likeness (QED) is 0.751. The summed E-state index contributed by atoms with van der Waals surface area (Å²) >= 11 is 1.30. The molecule has 0 unspecified atom stereocenters. The fraction of sp³-hybridized carbons (Fsp3) is 0.692. The average molecular weight is 319 g/mol. The lowest BCUT2D eigenvalue weighted by Crippen LogP contribution is -2.28. The van der Waals surface area contributed by atoms with Gasteiger partial charge in [0.2, 0.25) is 10.0 Å². The van der Waals surface area contributed by atoms with Gasteiger partial charge in [-0.05, 0) is 25.8 Å². The summed E-state index contributed by atoms with van der Waals surface area (Å²) < 4.78 is 32.4. The lowest BCUT2D eigenvalue weighted by molar-refractivity contribution is 0.0626. The Hall–Kier alpha value is -0.470. The Morgan fingerprint density at radius 1 is 1.45 bits per heavy atom. The first-order chi connectivity index (χ1) is 9.53. The molecule has 1 aromatic rings. The fourth-order valence-electron chi connectivity index (χ4n) is 2.40. The van der Waals surface area contributed by atoms with Crippen molar-refractivity contribution >= 4 is 21.4 Å². The monoisotopic (exact) mass is 319 g/mol. The predicted octanol–water partition coefficient (Wildman–Crippen LogP) is 1.79. The van der Waals surface area contributed by atoms with Gasteiger partial charge in [-0.1, -0.05) is 12.8 Å². The summed E-state index contributed by atoms with van der Waals surface area (Å²) in [5, 5.41) is 9.05. The molecular weight excluding hydrogens is 298 g/mol. The molecule has 7 heteroatoms. The molecule has 2 N–H and O–H groups in total. The zero-order valence-corrected chi connectivity index (χ0v) is 13.2. The van der Waals surface area contributed by atoms with Gasteiger partial charge in [-0.3, -0.25) is 0 Å². The third kappa shape index (κ3) is 4.02. The van der Waals surface area contributed by atoms with E-state index in [0.717, 1.165) is 12.8 Å². The van der Waals surface area contributed by atoms with E-state index in [9.17, 15) is 8.42 Å². The molecule has 0 radical (unpaired) electrons. The molecule has 1 fully saturated rings. The van der Waals surface area contributed by atoms with Crippen molar-refractivity contribution in [3.63, 3.8) is 0 Å². The Morgan fingerprint density at radius 2 is 2.15 bits per heavy atom. The Balaban J connectivity index is 1.85. The first-order valence-electron chi connectivity index (χ1n) is 6.84. The fourth-order valence-corrected chi connectivity index (χ4v) is 4.91. The average Bonchev–Trinajstić information content (AvgIpc) is 3.04. The lowest BCUT2D eigenvalue weighted by Gasteiger charge is -2.11. The summed E-state index contributed by atoms with van der Waals surface area (Å²) in [6.07, 6.45) is 4.86. The Bertz CT molecular complexity index is 533. The molecule has 0 spiro atoms. The predicted molar refractivity (Wildman–Crippen MR) is 78.4 cm³/mol. The highest BCUT2D eigenvalue weighted by Crippen LogP contribution is 2.25. The highest BCUT2D eigenvalue weighted by atomic mass is 32.2. The maximum atomic E-state index is 12.1. The van der Waals surface area contributed by atoms with Crippen molar-refractivity contribution in [3.8, 4) is 0 Å². The molecule has 0 bridgehead atoms. The molecular formula is C13H21NO4S2. The molecule has 1 aliphatic carbocycles. The molecule has 1 aromatic heterocycles. The van der Waals surface area contributed by atoms with Crippen molar-refractivity contribution in [1.29, 1.82) is 0 Å². The van der Waals surface area contributed by atoms with E-state index in [4.69, 9.17) is 9.84 Å². The third-order valence-electron chi connectivity index (χ3n) is 3.42. The van der Waals surface area contributed by atoms with E-state index >= 15 is 0 Å². The van der Waals surface area contributed by atoms with Crippen LogP contribution in [0.5, 0.6) is 0 Å². The smallest absolute Gasteiger partial charge is 0.241 e. The Kier molecular flexibility index (Phi) is 5.57. The number of rotatable bonds is 7. The van der Waals surface area contributed by atoms with Gasteiger partial charge >= 0.3 is 0 Å². The van der Waals surface area contributed by atoms with Gasteiger partial charge in [-0.2, -0.15) is 0 Å². The maximum Gasteiger partial charge on any atom is 0.241 e. The van der Waals surface area contributed by atoms with Gasteiger partial charge in [0.1, 0.15) is 0 Å². The number of hydrogen-bond acceptors (Lipinski definition) is 5. The second kappa shape index (κ2) is 7.00. The van der Waals surface area contributed by atoms with Crippen molar-refractivity contribution in [2.75, 3.05) is 13.2 Å². The van der Waals surface area contributed by atoms with E-state index in [1.54, 1.807) is 6.92 Å². The number of nitrogens with one attached hydrogen (secondary N) is 1. The van der Waals surface area contributed by atoms with E-state index < -0.39 is 10.0 Å². The van der Waals surface area contributed by atoms with E-state index in [2.05, 4.69) is 4.72 Å². The van der Waals surface area contributed by atoms with Gasteiger partial charge in [-0.15, -0.1) is 11.3 Å². The minimum atomic E-state index is -3.51. The van der Waals surface area contributed by atoms with E-state index in [1.165, 1.54) is 30.2 Å². The molecule has 2 rings (SSSR count). The van der Waals surface area contributed by atoms with Crippen LogP contribution >= 0.6 is 11.3 Å². The minimum Gasteiger partial charge on any atom is -0.391 e. The number of sulfonamides is 1. The van der Waals surface area contributed by atoms with Crippen LogP contribution in [-0.2, 0) is 21.4 Å². The number of ether oxygens (including phenoxy) is 1. The number of thiophene rings is 1. The molecule has 0 atom stereocenters. The highest BCUT2D eigenvalue weighted by molar-refractivity contribution is 7.89. The SMILES string of the molecule is Cc1sc(CO)cc1S(=O)(=O)NCCOC1CCCC1. The van der Waals surface area contributed by atoms with Crippen LogP contribution in [0.3, 0.4) is 0 Å². The lowest BCUT2D eigenvalue weighted by atomic mass is 10.3. The van der Waals surface area contributed by atoms with Crippen LogP contribution in [-0.4, -0.2) is 32.8 Å². The Labute approximate surface area is 124 Å². The molecule has 0 aromatic carbocycles. The second-order valence-corrected chi connectivity index (χ2v) is 8.04. The van der Waals surface area contributed by atoms with Crippen molar-refractivity contribution in [2.24, 2.45) is 0 Å². The standard InChI is InChI=1S/C13H21NO4S2/c1-10-13(8-12(9-15)19-10)20(16,17)14-6-7-18-11-4-2-3-5-11/h8,11,14-15H,2-7,9H2,1H3. The van der Waals surface area contributed by atoms with Crippen LogP contribution in [0.1, 0.15) is 35.4 Å². The van der Waals surface area contributed by atoms with Crippen LogP contribution in [0.15, 0.2) is 11.0 Å². The zero-order valence-electron chi connectivity index (χ0n) is 11.6. The molecule has 0 aliphatic heterocycles. The molecule has 5 nitrogen and oxygen atoms in total. The van der Waals surface area contributed by atoms with Gasteiger partial charge in [-0.25, -0.2) is 13.1 Å². The van der Waals surface area contributed by atoms with E-state index in [0.29, 0.717) is 22.5 Å². The third-order valence-corrected chi connectivity index (χ3v) is 6.17. The summed E-state index contributed by atoms with van der Waals surface area (Å²) in [7, 11) is -3.51. The molecule has 0 saturated heterocycles. The van der Waals surface area contributed by atoms with Crippen LogP contribution in [0.2, 0.25) is 0 Å². The van der Waals surface area contributed by atoms with Gasteiger partial charge in [0.05, 0.1) is 24.2 Å². The first kappa shape index (κ1) is 15.9. The largest absolute Gasteiger partial charge is 0.391 e. The van der Waals surface area contributed by atoms with Crippen LogP contribution < -0.4 is 4.72 Å². The first-order valence-corrected chi connectivity index (χ1v) is 9.14. The summed E-state index contributed by atoms with van der Waals surface area (Å²) in [5.41, 5.74) is 0. The highest BCUT2D eigenvalue weighted by Gasteiger charge is 2.20. The van der Waals surface area contributed by atoms with Crippen LogP contribution in [0.4, 0.5) is 0 Å². The van der Waals surface area contributed by atoms with Crippen LogP contribution in [0, 0.1) is 6.92 Å². The van der Waals surface area contributed by atoms with Crippen molar-refractivity contribution in [1.82, 2.24) is 4.72 Å². The van der Waals surface area contributed by atoms with Crippen molar-refractivity contribution < 1.29 is 18.3 Å². The maximum absolute atomic E-state index is 12.1. The van der Waals surface area contributed by atoms with Gasteiger partial charge in [0.25, 0.3) is 0 Å². The Morgan fingerprint density at radius 3 is 2.75 bits per heavy atom. The van der Waals surface area contributed by atoms with E-state index in [1.807, 2.05) is 0 Å². The summed E-state index contributed by atoms with van der Waals surface area (Å²) in [6.45, 7) is 2.29. The van der Waals surface area contributed by atoms with Gasteiger partial charge < -0.3 is 9.84 Å². The van der Waals surface area contributed by atoms with Crippen LogP contribution in [0.25, 0.3) is 0 Å². The van der Waals surface area contributed by atoms with E-state index in [-0.39, 0.29) is 18.0 Å². The number of hydrogen-bond donors (Lipinski definition) is 2. The number of aryl methyl sites for hydroxylation is 1. The van der Waals surface area contributed by atoms with Gasteiger partial charge in [0, 0.05) is 16.3 Å². The summed E-state index contributed by atoms with van der Waals surface area (Å²) in [5.74, 6) is 0. The topological polar surface area (TPSA) is 75.6 Å². The molecule has 114 valence electrons. The molecule has 1 heterocycles. The number of aliphatic hydroxyl groups excluding tert-OH is 1. The number of aliphatic hydroxyl groups is 1. The van der Waals surface area contributed by atoms with Crippen molar-refractivity contribution in [3.05, 3.63) is 15.8 Å². The molecule has 1 saturated carbocycles. The second-order valence-electron chi connectivity index (χ2n) is 4.97. The summed E-state index contributed by atoms with van der Waals surface area (Å²) in [6, 6.07) is 1.53. The molecule has 0 amide bonds. The molecule has 20 heavy (non-hydrogen) atoms. The normalized spacial score (nSPS) is 16.9. The summed E-state index contributed by atoms with van der Waals surface area (Å²) in [4.78, 5) is 1.61. The van der Waals surface area contributed by atoms with Gasteiger partial charge in [0.15, 0.2) is 0 Å². The minimum absolute atomic E-state index is 0.133. The zero-order chi connectivity index (χ0) is 14.6. The van der Waals surface area contributed by atoms with Crippen molar-refractivity contribution in [2.45, 2.75) is 50.2 Å². The molecule has 1 aliphatic rings.